The maximum absolute atomic E-state index is 13.5. The van der Waals surface area contributed by atoms with Crippen molar-refractivity contribution in [1.29, 1.82) is 0 Å². The molecule has 0 atom stereocenters. The topological polar surface area (TPSA) is 84.7 Å². The largest absolute Gasteiger partial charge is 0.364 e. The van der Waals surface area contributed by atoms with Crippen molar-refractivity contribution in [3.8, 4) is 11.3 Å². The summed E-state index contributed by atoms with van der Waals surface area (Å²) >= 11 is 1.44. The summed E-state index contributed by atoms with van der Waals surface area (Å²) in [6, 6.07) is 4.55. The van der Waals surface area contributed by atoms with Crippen LogP contribution >= 0.6 is 11.3 Å². The van der Waals surface area contributed by atoms with Crippen LogP contribution in [0.25, 0.3) is 21.3 Å². The van der Waals surface area contributed by atoms with Gasteiger partial charge >= 0.3 is 0 Å². The Balaban J connectivity index is 2.34. The maximum atomic E-state index is 13.5. The zero-order chi connectivity index (χ0) is 12.7. The third-order valence-corrected chi connectivity index (χ3v) is 3.52. The Kier molecular flexibility index (Phi) is 2.34. The van der Waals surface area contributed by atoms with Crippen LogP contribution in [0.4, 0.5) is 4.39 Å². The van der Waals surface area contributed by atoms with Crippen molar-refractivity contribution in [3.05, 3.63) is 35.1 Å². The summed E-state index contributed by atoms with van der Waals surface area (Å²) in [5.74, 6) is -1.10. The first kappa shape index (κ1) is 10.8. The number of thiophene rings is 1. The van der Waals surface area contributed by atoms with Crippen LogP contribution in [0, 0.1) is 5.82 Å². The van der Waals surface area contributed by atoms with Gasteiger partial charge in [-0.25, -0.2) is 4.39 Å². The number of nitrogens with two attached hydrogens (primary N) is 1. The third kappa shape index (κ3) is 1.56. The van der Waals surface area contributed by atoms with Gasteiger partial charge in [-0.1, -0.05) is 0 Å². The number of nitrogens with zero attached hydrogens (tertiary/aromatic N) is 2. The summed E-state index contributed by atoms with van der Waals surface area (Å²) in [5, 5.41) is 12.5. The Morgan fingerprint density at radius 3 is 3.00 bits per heavy atom. The predicted molar refractivity (Wildman–Crippen MR) is 65.7 cm³/mol. The first-order valence-corrected chi connectivity index (χ1v) is 5.92. The van der Waals surface area contributed by atoms with Crippen molar-refractivity contribution in [2.75, 3.05) is 0 Å². The summed E-state index contributed by atoms with van der Waals surface area (Å²) in [6.45, 7) is 0. The molecule has 0 saturated heterocycles. The fourth-order valence-corrected chi connectivity index (χ4v) is 2.71. The van der Waals surface area contributed by atoms with E-state index in [-0.39, 0.29) is 11.4 Å². The molecular formula is C11H7FN4OS. The fraction of sp³-hybridized carbons (Fsp3) is 0. The number of primary amides is 1. The molecule has 2 heterocycles. The quantitative estimate of drug-likeness (QED) is 0.740. The number of hydrogen-bond acceptors (Lipinski definition) is 4. The van der Waals surface area contributed by atoms with E-state index in [1.807, 2.05) is 5.38 Å². The van der Waals surface area contributed by atoms with Crippen molar-refractivity contribution in [1.82, 2.24) is 15.4 Å². The highest BCUT2D eigenvalue weighted by Gasteiger charge is 2.18. The first-order valence-electron chi connectivity index (χ1n) is 5.04. The number of amides is 1. The number of aromatic nitrogens is 3. The zero-order valence-electron chi connectivity index (χ0n) is 8.98. The lowest BCUT2D eigenvalue weighted by atomic mass is 10.1. The van der Waals surface area contributed by atoms with E-state index >= 15 is 0 Å². The van der Waals surface area contributed by atoms with E-state index in [9.17, 15) is 9.18 Å². The molecule has 0 fully saturated rings. The molecule has 0 saturated carbocycles. The molecule has 7 heteroatoms. The summed E-state index contributed by atoms with van der Waals surface area (Å²) < 4.78 is 14.4. The Morgan fingerprint density at radius 2 is 2.22 bits per heavy atom. The normalized spacial score (nSPS) is 10.9. The highest BCUT2D eigenvalue weighted by molar-refractivity contribution is 7.17. The standard InChI is InChI=1S/C11H7FN4OS/c12-6-3-5-1-2-18-10(5)7(4-6)8-9(11(13)17)15-16-14-8/h1-4H,(H2,13,17)(H,14,15,16). The Hall–Kier alpha value is -2.28. The lowest BCUT2D eigenvalue weighted by molar-refractivity contribution is 0.0996. The number of fused-ring (bicyclic) bond motifs is 1. The van der Waals surface area contributed by atoms with E-state index < -0.39 is 11.7 Å². The van der Waals surface area contributed by atoms with Gasteiger partial charge in [0.05, 0.1) is 0 Å². The molecule has 3 aromatic rings. The highest BCUT2D eigenvalue weighted by Crippen LogP contribution is 2.33. The minimum absolute atomic E-state index is 0.00954. The second-order valence-electron chi connectivity index (χ2n) is 3.68. The second kappa shape index (κ2) is 3.88. The molecule has 90 valence electrons. The maximum Gasteiger partial charge on any atom is 0.271 e. The van der Waals surface area contributed by atoms with E-state index in [0.29, 0.717) is 5.56 Å². The first-order chi connectivity index (χ1) is 8.66. The van der Waals surface area contributed by atoms with Gasteiger partial charge in [-0.2, -0.15) is 15.4 Å². The van der Waals surface area contributed by atoms with Crippen LogP contribution in [-0.2, 0) is 0 Å². The predicted octanol–water partition coefficient (Wildman–Crippen LogP) is 1.92. The minimum atomic E-state index is -0.701. The van der Waals surface area contributed by atoms with E-state index in [4.69, 9.17) is 5.73 Å². The number of rotatable bonds is 2. The van der Waals surface area contributed by atoms with Gasteiger partial charge in [0, 0.05) is 10.3 Å². The molecule has 2 aromatic heterocycles. The molecule has 18 heavy (non-hydrogen) atoms. The average Bonchev–Trinajstić information content (AvgIpc) is 2.95. The number of aromatic amines is 1. The van der Waals surface area contributed by atoms with Gasteiger partial charge in [0.1, 0.15) is 11.5 Å². The Morgan fingerprint density at radius 1 is 1.39 bits per heavy atom. The monoisotopic (exact) mass is 262 g/mol. The Labute approximate surface area is 104 Å². The average molecular weight is 262 g/mol. The van der Waals surface area contributed by atoms with Crippen LogP contribution in [0.2, 0.25) is 0 Å². The lowest BCUT2D eigenvalue weighted by Crippen LogP contribution is -2.12. The fourth-order valence-electron chi connectivity index (χ4n) is 1.81. The van der Waals surface area contributed by atoms with Crippen molar-refractivity contribution in [2.24, 2.45) is 5.73 Å². The molecule has 5 nitrogen and oxygen atoms in total. The zero-order valence-corrected chi connectivity index (χ0v) is 9.79. The van der Waals surface area contributed by atoms with Crippen molar-refractivity contribution < 1.29 is 9.18 Å². The molecule has 0 aliphatic carbocycles. The smallest absolute Gasteiger partial charge is 0.271 e. The van der Waals surface area contributed by atoms with Crippen LogP contribution in [0.3, 0.4) is 0 Å². The number of nitrogens with one attached hydrogen (secondary N) is 1. The van der Waals surface area contributed by atoms with Gasteiger partial charge < -0.3 is 5.73 Å². The second-order valence-corrected chi connectivity index (χ2v) is 4.59. The molecule has 0 unspecified atom stereocenters. The van der Waals surface area contributed by atoms with E-state index in [2.05, 4.69) is 15.4 Å². The van der Waals surface area contributed by atoms with Gasteiger partial charge in [-0.3, -0.25) is 4.79 Å². The van der Waals surface area contributed by atoms with E-state index in [1.54, 1.807) is 6.07 Å². The molecule has 0 aliphatic heterocycles. The number of benzene rings is 1. The summed E-state index contributed by atoms with van der Waals surface area (Å²) in [7, 11) is 0. The number of H-pyrrole nitrogens is 1. The molecule has 1 aromatic carbocycles. The van der Waals surface area contributed by atoms with Crippen LogP contribution in [0.1, 0.15) is 10.5 Å². The lowest BCUT2D eigenvalue weighted by Gasteiger charge is -2.01. The van der Waals surface area contributed by atoms with Crippen LogP contribution < -0.4 is 5.73 Å². The summed E-state index contributed by atoms with van der Waals surface area (Å²) in [6.07, 6.45) is 0. The van der Waals surface area contributed by atoms with Gasteiger partial charge in [0.2, 0.25) is 0 Å². The molecule has 3 rings (SSSR count). The van der Waals surface area contributed by atoms with Crippen LogP contribution in [0.5, 0.6) is 0 Å². The van der Waals surface area contributed by atoms with Crippen LogP contribution in [0.15, 0.2) is 23.6 Å². The highest BCUT2D eigenvalue weighted by atomic mass is 32.1. The number of hydrogen-bond donors (Lipinski definition) is 2. The summed E-state index contributed by atoms with van der Waals surface area (Å²) in [5.41, 5.74) is 6.00. The van der Waals surface area contributed by atoms with Gasteiger partial charge in [-0.15, -0.1) is 11.3 Å². The van der Waals surface area contributed by atoms with Crippen molar-refractivity contribution in [2.45, 2.75) is 0 Å². The van der Waals surface area contributed by atoms with E-state index in [1.165, 1.54) is 23.5 Å². The third-order valence-electron chi connectivity index (χ3n) is 2.55. The SMILES string of the molecule is NC(=O)c1n[nH]nc1-c1cc(F)cc2ccsc12. The van der Waals surface area contributed by atoms with Gasteiger partial charge in [-0.05, 0) is 29.0 Å². The molecule has 3 N–H and O–H groups in total. The summed E-state index contributed by atoms with van der Waals surface area (Å²) in [4.78, 5) is 11.2. The molecule has 1 amide bonds. The number of carbonyl (C=O) groups excluding carboxylic acids is 1. The molecular weight excluding hydrogens is 255 g/mol. The number of halogens is 1. The molecule has 0 radical (unpaired) electrons. The molecule has 0 spiro atoms. The van der Waals surface area contributed by atoms with Gasteiger partial charge in [0.15, 0.2) is 5.69 Å². The van der Waals surface area contributed by atoms with Crippen molar-refractivity contribution >= 4 is 27.3 Å². The van der Waals surface area contributed by atoms with Gasteiger partial charge in [0.25, 0.3) is 5.91 Å². The Bertz CT molecular complexity index is 748. The molecule has 0 bridgehead atoms. The van der Waals surface area contributed by atoms with Crippen LogP contribution in [-0.4, -0.2) is 21.3 Å². The minimum Gasteiger partial charge on any atom is -0.364 e. The molecule has 0 aliphatic rings. The number of carbonyl (C=O) groups is 1. The van der Waals surface area contributed by atoms with Crippen molar-refractivity contribution in [3.63, 3.8) is 0 Å². The van der Waals surface area contributed by atoms with E-state index in [0.717, 1.165) is 10.1 Å².